The van der Waals surface area contributed by atoms with Gasteiger partial charge < -0.3 is 20.1 Å². The minimum Gasteiger partial charge on any atom is -0.508 e. The van der Waals surface area contributed by atoms with Crippen LogP contribution in [0.1, 0.15) is 61.8 Å². The summed E-state index contributed by atoms with van der Waals surface area (Å²) in [5, 5.41) is 14.6. The highest BCUT2D eigenvalue weighted by Crippen LogP contribution is 2.56. The lowest BCUT2D eigenvalue weighted by atomic mass is 9.51. The smallest absolute Gasteiger partial charge is 0.416 e. The number of amides is 1. The number of nitrogens with zero attached hydrogens (tertiary/aromatic N) is 1. The van der Waals surface area contributed by atoms with Crippen molar-refractivity contribution < 1.29 is 27.8 Å². The Morgan fingerprint density at radius 2 is 1.97 bits per heavy atom. The van der Waals surface area contributed by atoms with E-state index in [1.165, 1.54) is 12.1 Å². The van der Waals surface area contributed by atoms with Crippen LogP contribution in [-0.4, -0.2) is 48.2 Å². The molecule has 1 aliphatic heterocycles. The van der Waals surface area contributed by atoms with Crippen molar-refractivity contribution in [3.8, 4) is 23.3 Å². The topological polar surface area (TPSA) is 61.8 Å². The van der Waals surface area contributed by atoms with Gasteiger partial charge in [0.25, 0.3) is 5.91 Å². The van der Waals surface area contributed by atoms with Crippen molar-refractivity contribution in [1.29, 1.82) is 0 Å². The first kappa shape index (κ1) is 27.4. The molecule has 39 heavy (non-hydrogen) atoms. The number of carbonyl (C=O) groups excluding carboxylic acids is 1. The molecule has 0 aromatic heterocycles. The molecule has 0 radical (unpaired) electrons. The van der Waals surface area contributed by atoms with Gasteiger partial charge in [-0.3, -0.25) is 4.79 Å². The van der Waals surface area contributed by atoms with E-state index < -0.39 is 11.7 Å². The Hall–Kier alpha value is -3.18. The lowest BCUT2D eigenvalue weighted by molar-refractivity contribution is -0.137. The Kier molecular flexibility index (Phi) is 7.32. The summed E-state index contributed by atoms with van der Waals surface area (Å²) < 4.78 is 44.2. The van der Waals surface area contributed by atoms with E-state index in [-0.39, 0.29) is 35.1 Å². The fraction of sp³-hybridized carbons (Fsp3) is 0.516. The van der Waals surface area contributed by atoms with Crippen molar-refractivity contribution in [3.63, 3.8) is 0 Å². The molecule has 1 saturated carbocycles. The molecule has 208 valence electrons. The van der Waals surface area contributed by atoms with Gasteiger partial charge in [-0.15, -0.1) is 0 Å². The van der Waals surface area contributed by atoms with Crippen molar-refractivity contribution in [3.05, 3.63) is 58.7 Å². The number of hydrogen-bond donors (Lipinski definition) is 2. The Labute approximate surface area is 227 Å². The normalized spacial score (nSPS) is 25.7. The Morgan fingerprint density at radius 1 is 1.23 bits per heavy atom. The SMILES string of the molecule is COc1cc(O)c2c(c1)[C@]13CCN[C@H](C2)[C@@H]1CC[C@H](N(CC(C)C)C(=O)C#Cc1ccc(C(F)(F)F)cc1)C3. The number of phenols is 1. The van der Waals surface area contributed by atoms with Crippen LogP contribution in [0.2, 0.25) is 0 Å². The molecule has 1 heterocycles. The number of aromatic hydroxyl groups is 1. The van der Waals surface area contributed by atoms with Crippen LogP contribution < -0.4 is 10.1 Å². The number of hydrogen-bond acceptors (Lipinski definition) is 4. The zero-order chi connectivity index (χ0) is 27.9. The van der Waals surface area contributed by atoms with Gasteiger partial charge in [0.2, 0.25) is 0 Å². The molecule has 8 heteroatoms. The second kappa shape index (κ2) is 10.4. The molecule has 2 aromatic carbocycles. The number of nitrogens with one attached hydrogen (secondary N) is 1. The fourth-order valence-electron chi connectivity index (χ4n) is 7.10. The fourth-order valence-corrected chi connectivity index (χ4v) is 7.10. The quantitative estimate of drug-likeness (QED) is 0.518. The van der Waals surface area contributed by atoms with Crippen LogP contribution in [0.25, 0.3) is 0 Å². The average molecular weight is 541 g/mol. The van der Waals surface area contributed by atoms with E-state index in [0.29, 0.717) is 23.8 Å². The highest BCUT2D eigenvalue weighted by Gasteiger charge is 2.55. The number of carbonyl (C=O) groups is 1. The summed E-state index contributed by atoms with van der Waals surface area (Å²) in [4.78, 5) is 15.4. The van der Waals surface area contributed by atoms with E-state index in [4.69, 9.17) is 4.74 Å². The number of halogens is 3. The number of ether oxygens (including phenoxy) is 1. The van der Waals surface area contributed by atoms with E-state index in [1.54, 1.807) is 13.2 Å². The van der Waals surface area contributed by atoms with Gasteiger partial charge in [-0.1, -0.05) is 19.8 Å². The van der Waals surface area contributed by atoms with Crippen molar-refractivity contribution in [1.82, 2.24) is 10.2 Å². The maximum Gasteiger partial charge on any atom is 0.416 e. The third-order valence-electron chi connectivity index (χ3n) is 8.77. The van der Waals surface area contributed by atoms with Crippen LogP contribution in [0, 0.1) is 23.7 Å². The van der Waals surface area contributed by atoms with Gasteiger partial charge in [-0.2, -0.15) is 13.2 Å². The minimum absolute atomic E-state index is 0.0314. The molecule has 1 amide bonds. The van der Waals surface area contributed by atoms with Crippen LogP contribution in [-0.2, 0) is 22.8 Å². The minimum atomic E-state index is -4.42. The van der Waals surface area contributed by atoms with Crippen molar-refractivity contribution in [2.75, 3.05) is 20.2 Å². The zero-order valence-corrected chi connectivity index (χ0v) is 22.6. The molecule has 4 atom stereocenters. The Balaban J connectivity index is 1.45. The molecular weight excluding hydrogens is 505 g/mol. The van der Waals surface area contributed by atoms with Gasteiger partial charge in [0.1, 0.15) is 11.5 Å². The van der Waals surface area contributed by atoms with E-state index in [0.717, 1.165) is 61.9 Å². The molecule has 3 aliphatic rings. The first-order chi connectivity index (χ1) is 18.5. The third kappa shape index (κ3) is 5.21. The van der Waals surface area contributed by atoms with Gasteiger partial charge in [0.05, 0.1) is 12.7 Å². The number of alkyl halides is 3. The molecular formula is C31H35F3N2O3. The molecule has 1 saturated heterocycles. The molecule has 2 fully saturated rings. The predicted octanol–water partition coefficient (Wildman–Crippen LogP) is 5.28. The molecule has 5 rings (SSSR count). The molecule has 0 unspecified atom stereocenters. The van der Waals surface area contributed by atoms with Gasteiger partial charge in [-0.25, -0.2) is 0 Å². The standard InChI is InChI=1S/C31H35F3N2O3/c1-19(2)18-36(29(38)11-6-20-4-7-21(8-5-20)31(32,33)34)22-9-10-25-27-16-24-26(14-23(39-3)15-28(24)37)30(25,17-22)12-13-35-27/h4-5,7-8,14-15,19,22,25,27,35,37H,9-10,12-13,16-18H2,1-3H3/t22-,25-,27+,30-/m0/s1. The highest BCUT2D eigenvalue weighted by atomic mass is 19.4. The van der Waals surface area contributed by atoms with E-state index in [1.807, 2.05) is 4.90 Å². The lowest BCUT2D eigenvalue weighted by Gasteiger charge is -2.58. The van der Waals surface area contributed by atoms with Crippen molar-refractivity contribution in [2.24, 2.45) is 11.8 Å². The first-order valence-electron chi connectivity index (χ1n) is 13.7. The maximum absolute atomic E-state index is 13.5. The van der Waals surface area contributed by atoms with Crippen LogP contribution in [0.4, 0.5) is 13.2 Å². The zero-order valence-electron chi connectivity index (χ0n) is 22.6. The predicted molar refractivity (Wildman–Crippen MR) is 142 cm³/mol. The number of fused-ring (bicyclic) bond motifs is 1. The van der Waals surface area contributed by atoms with E-state index in [2.05, 4.69) is 37.1 Å². The number of benzene rings is 2. The largest absolute Gasteiger partial charge is 0.508 e. The van der Waals surface area contributed by atoms with Crippen LogP contribution in [0.15, 0.2) is 36.4 Å². The summed E-state index contributed by atoms with van der Waals surface area (Å²) in [5.41, 5.74) is 1.54. The third-order valence-corrected chi connectivity index (χ3v) is 8.77. The van der Waals surface area contributed by atoms with Gasteiger partial charge in [0, 0.05) is 41.6 Å². The molecule has 2 N–H and O–H groups in total. The number of phenolic OH excluding ortho intramolecular Hbond substituents is 1. The monoisotopic (exact) mass is 540 g/mol. The number of methoxy groups -OCH3 is 1. The van der Waals surface area contributed by atoms with E-state index >= 15 is 0 Å². The molecule has 5 nitrogen and oxygen atoms in total. The van der Waals surface area contributed by atoms with Gasteiger partial charge in [-0.05, 0) is 91.9 Å². The maximum atomic E-state index is 13.5. The Bertz CT molecular complexity index is 1300. The van der Waals surface area contributed by atoms with Crippen LogP contribution >= 0.6 is 0 Å². The summed E-state index contributed by atoms with van der Waals surface area (Å²) in [6, 6.07) is 8.57. The van der Waals surface area contributed by atoms with Crippen LogP contribution in [0.3, 0.4) is 0 Å². The summed E-state index contributed by atoms with van der Waals surface area (Å²) >= 11 is 0. The summed E-state index contributed by atoms with van der Waals surface area (Å²) in [6.45, 7) is 5.54. The summed E-state index contributed by atoms with van der Waals surface area (Å²) in [6.07, 6.45) is -0.152. The molecule has 0 spiro atoms. The average Bonchev–Trinajstić information content (AvgIpc) is 2.90. The van der Waals surface area contributed by atoms with Gasteiger partial charge in [0.15, 0.2) is 0 Å². The molecule has 2 aromatic rings. The second-order valence-electron chi connectivity index (χ2n) is 11.6. The number of piperidine rings is 1. The van der Waals surface area contributed by atoms with Gasteiger partial charge >= 0.3 is 6.18 Å². The molecule has 2 aliphatic carbocycles. The first-order valence-corrected chi connectivity index (χ1v) is 13.7. The van der Waals surface area contributed by atoms with E-state index in [9.17, 15) is 23.1 Å². The summed E-state index contributed by atoms with van der Waals surface area (Å²) in [5.74, 6) is 6.71. The molecule has 2 bridgehead atoms. The summed E-state index contributed by atoms with van der Waals surface area (Å²) in [7, 11) is 1.60. The van der Waals surface area contributed by atoms with Crippen LogP contribution in [0.5, 0.6) is 11.5 Å². The highest BCUT2D eigenvalue weighted by molar-refractivity contribution is 5.94. The second-order valence-corrected chi connectivity index (χ2v) is 11.6. The Morgan fingerprint density at radius 3 is 2.64 bits per heavy atom. The number of rotatable bonds is 4. The van der Waals surface area contributed by atoms with Crippen molar-refractivity contribution in [2.45, 2.75) is 69.6 Å². The lowest BCUT2D eigenvalue weighted by Crippen LogP contribution is -2.62. The van der Waals surface area contributed by atoms with Crippen molar-refractivity contribution >= 4 is 5.91 Å².